The molecule has 11 heavy (non-hydrogen) atoms. The minimum atomic E-state index is 0.606. The summed E-state index contributed by atoms with van der Waals surface area (Å²) in [5.41, 5.74) is 0. The third-order valence-corrected chi connectivity index (χ3v) is 1.58. The molecule has 0 atom stereocenters. The Labute approximate surface area is 73.5 Å². The van der Waals surface area contributed by atoms with E-state index < -0.39 is 0 Å². The Hall–Kier alpha value is -0.800. The number of hydrogen-bond acceptors (Lipinski definition) is 2. The molecule has 1 aromatic carbocycles. The van der Waals surface area contributed by atoms with E-state index in [2.05, 4.69) is 0 Å². The van der Waals surface area contributed by atoms with Gasteiger partial charge in [-0.15, -0.1) is 4.91 Å². The maximum absolute atomic E-state index is 8.11. The summed E-state index contributed by atoms with van der Waals surface area (Å²) in [4.78, 5) is 8.11. The molecule has 1 aromatic rings. The van der Waals surface area contributed by atoms with Crippen molar-refractivity contribution in [2.75, 3.05) is 0 Å². The summed E-state index contributed by atoms with van der Waals surface area (Å²) < 4.78 is 0. The lowest BCUT2D eigenvalue weighted by atomic mass is 10.4. The van der Waals surface area contributed by atoms with Crippen LogP contribution in [0.25, 0.3) is 0 Å². The highest BCUT2D eigenvalue weighted by atomic mass is 35.5. The molecule has 1 rings (SSSR count). The monoisotopic (exact) mass is 193 g/mol. The van der Waals surface area contributed by atoms with E-state index in [0.717, 1.165) is 0 Å². The summed E-state index contributed by atoms with van der Waals surface area (Å²) in [5.74, 6) is 0. The second-order valence-corrected chi connectivity index (χ2v) is 2.31. The van der Waals surface area contributed by atoms with Crippen molar-refractivity contribution in [1.82, 2.24) is 0 Å². The molecular formula is C6H5Cl2NO2. The van der Waals surface area contributed by atoms with Crippen molar-refractivity contribution in [3.8, 4) is 0 Å². The number of hydrogen-bond donors (Lipinski definition) is 1. The van der Waals surface area contributed by atoms with E-state index in [-0.39, 0.29) is 0 Å². The molecule has 60 valence electrons. The molecule has 1 N–H and O–H groups in total. The topological polar surface area (TPSA) is 49.7 Å². The van der Waals surface area contributed by atoms with Crippen molar-refractivity contribution < 1.29 is 5.21 Å². The number of nitrogens with zero attached hydrogens (tertiary/aromatic N) is 1. The van der Waals surface area contributed by atoms with Gasteiger partial charge in [-0.2, -0.15) is 0 Å². The Morgan fingerprint density at radius 2 is 1.45 bits per heavy atom. The van der Waals surface area contributed by atoms with E-state index in [0.29, 0.717) is 10.0 Å². The van der Waals surface area contributed by atoms with Crippen LogP contribution in [0.4, 0.5) is 0 Å². The van der Waals surface area contributed by atoms with Crippen LogP contribution >= 0.6 is 23.2 Å². The van der Waals surface area contributed by atoms with Gasteiger partial charge in [0.1, 0.15) is 0 Å². The SMILES string of the molecule is Clc1ccccc1Cl.O=NO. The Kier molecular flexibility index (Phi) is 5.51. The molecule has 0 bridgehead atoms. The van der Waals surface area contributed by atoms with Gasteiger partial charge in [0.25, 0.3) is 0 Å². The van der Waals surface area contributed by atoms with Crippen LogP contribution in [0.3, 0.4) is 0 Å². The summed E-state index contributed by atoms with van der Waals surface area (Å²) in [5, 5.41) is 9.10. The lowest BCUT2D eigenvalue weighted by molar-refractivity contribution is 0.312. The predicted octanol–water partition coefficient (Wildman–Crippen LogP) is 3.14. The molecule has 0 aliphatic carbocycles. The van der Waals surface area contributed by atoms with Gasteiger partial charge in [-0.1, -0.05) is 35.3 Å². The highest BCUT2D eigenvalue weighted by molar-refractivity contribution is 6.41. The Bertz CT molecular complexity index is 209. The first-order valence-electron chi connectivity index (χ1n) is 2.59. The third kappa shape index (κ3) is 4.58. The smallest absolute Gasteiger partial charge is 0.152 e. The van der Waals surface area contributed by atoms with Crippen molar-refractivity contribution in [2.24, 2.45) is 5.34 Å². The fourth-order valence-electron chi connectivity index (χ4n) is 0.439. The quantitative estimate of drug-likeness (QED) is 0.509. The van der Waals surface area contributed by atoms with Gasteiger partial charge < -0.3 is 5.21 Å². The number of halogens is 2. The van der Waals surface area contributed by atoms with Gasteiger partial charge in [0.15, 0.2) is 5.34 Å². The standard InChI is InChI=1S/C6H4Cl2.HNO2/c7-5-3-1-2-4-6(5)8;2-1-3/h1-4H;(H,2,3). The van der Waals surface area contributed by atoms with Crippen LogP contribution in [0.2, 0.25) is 10.0 Å². The second kappa shape index (κ2) is 5.95. The minimum absolute atomic E-state index is 0.606. The van der Waals surface area contributed by atoms with Crippen molar-refractivity contribution >= 4 is 23.2 Å². The van der Waals surface area contributed by atoms with Gasteiger partial charge in [0, 0.05) is 0 Å². The molecule has 5 heteroatoms. The molecule has 0 fully saturated rings. The van der Waals surface area contributed by atoms with E-state index in [4.69, 9.17) is 33.3 Å². The normalized spacial score (nSPS) is 7.82. The molecule has 0 saturated carbocycles. The first kappa shape index (κ1) is 10.2. The molecule has 0 aliphatic rings. The van der Waals surface area contributed by atoms with E-state index in [1.165, 1.54) is 5.34 Å². The van der Waals surface area contributed by atoms with E-state index in [1.807, 2.05) is 12.1 Å². The lowest BCUT2D eigenvalue weighted by Gasteiger charge is -1.88. The molecule has 0 spiro atoms. The van der Waals surface area contributed by atoms with E-state index in [9.17, 15) is 0 Å². The summed E-state index contributed by atoms with van der Waals surface area (Å²) in [6.07, 6.45) is 0. The van der Waals surface area contributed by atoms with Crippen LogP contribution in [-0.2, 0) is 0 Å². The Morgan fingerprint density at radius 3 is 1.64 bits per heavy atom. The molecule has 0 saturated heterocycles. The van der Waals surface area contributed by atoms with Gasteiger partial charge in [-0.25, -0.2) is 0 Å². The molecule has 0 heterocycles. The van der Waals surface area contributed by atoms with Gasteiger partial charge in [-0.3, -0.25) is 0 Å². The van der Waals surface area contributed by atoms with E-state index >= 15 is 0 Å². The summed E-state index contributed by atoms with van der Waals surface area (Å²) in [6.45, 7) is 0. The largest absolute Gasteiger partial charge is 0.379 e. The van der Waals surface area contributed by atoms with Gasteiger partial charge in [0.05, 0.1) is 10.0 Å². The average Bonchev–Trinajstić information content (AvgIpc) is 1.97. The average molecular weight is 194 g/mol. The van der Waals surface area contributed by atoms with Crippen LogP contribution in [0.1, 0.15) is 0 Å². The van der Waals surface area contributed by atoms with Crippen molar-refractivity contribution in [3.05, 3.63) is 39.2 Å². The number of rotatable bonds is 0. The van der Waals surface area contributed by atoms with Gasteiger partial charge in [-0.05, 0) is 12.1 Å². The van der Waals surface area contributed by atoms with E-state index in [1.54, 1.807) is 12.1 Å². The first-order valence-corrected chi connectivity index (χ1v) is 3.34. The van der Waals surface area contributed by atoms with Crippen molar-refractivity contribution in [2.45, 2.75) is 0 Å². The molecule has 3 nitrogen and oxygen atoms in total. The predicted molar refractivity (Wildman–Crippen MR) is 44.0 cm³/mol. The maximum atomic E-state index is 8.11. The van der Waals surface area contributed by atoms with Gasteiger partial charge in [0.2, 0.25) is 0 Å². The Morgan fingerprint density at radius 1 is 1.18 bits per heavy atom. The molecule has 0 amide bonds. The molecule has 0 radical (unpaired) electrons. The zero-order chi connectivity index (χ0) is 8.69. The fraction of sp³-hybridized carbons (Fsp3) is 0. The molecule has 0 aliphatic heterocycles. The van der Waals surface area contributed by atoms with Crippen LogP contribution in [-0.4, -0.2) is 5.21 Å². The second-order valence-electron chi connectivity index (χ2n) is 1.50. The highest BCUT2D eigenvalue weighted by Gasteiger charge is 1.89. The van der Waals surface area contributed by atoms with Crippen LogP contribution in [0.15, 0.2) is 29.6 Å². The fourth-order valence-corrected chi connectivity index (χ4v) is 0.711. The summed E-state index contributed by atoms with van der Waals surface area (Å²) >= 11 is 11.2. The third-order valence-electron chi connectivity index (χ3n) is 0.824. The van der Waals surface area contributed by atoms with Crippen LogP contribution in [0.5, 0.6) is 0 Å². The first-order chi connectivity index (χ1) is 5.22. The van der Waals surface area contributed by atoms with Gasteiger partial charge >= 0.3 is 0 Å². The highest BCUT2D eigenvalue weighted by Crippen LogP contribution is 2.19. The van der Waals surface area contributed by atoms with Crippen molar-refractivity contribution in [3.63, 3.8) is 0 Å². The molecular weight excluding hydrogens is 189 g/mol. The molecule has 0 unspecified atom stereocenters. The minimum Gasteiger partial charge on any atom is -0.379 e. The lowest BCUT2D eigenvalue weighted by Crippen LogP contribution is -1.62. The zero-order valence-electron chi connectivity index (χ0n) is 5.37. The molecule has 0 aromatic heterocycles. The maximum Gasteiger partial charge on any atom is 0.152 e. The number of benzene rings is 1. The van der Waals surface area contributed by atoms with Crippen LogP contribution < -0.4 is 0 Å². The Balaban J connectivity index is 0.000000292. The summed E-state index contributed by atoms with van der Waals surface area (Å²) in [7, 11) is 0. The van der Waals surface area contributed by atoms with Crippen LogP contribution in [0, 0.1) is 4.91 Å². The van der Waals surface area contributed by atoms with Crippen molar-refractivity contribution in [1.29, 1.82) is 0 Å². The summed E-state index contributed by atoms with van der Waals surface area (Å²) in [6, 6.07) is 7.19. The zero-order valence-corrected chi connectivity index (χ0v) is 6.88.